The average molecular weight is 229 g/mol. The van der Waals surface area contributed by atoms with Crippen LogP contribution >= 0.6 is 0 Å². The van der Waals surface area contributed by atoms with Crippen LogP contribution in [0.2, 0.25) is 0 Å². The van der Waals surface area contributed by atoms with Crippen LogP contribution in [0.25, 0.3) is 0 Å². The Hall–Kier alpha value is -2.45. The maximum atomic E-state index is 11.3. The number of carboxylic acids is 1. The number of rotatable bonds is 3. The van der Waals surface area contributed by atoms with E-state index >= 15 is 0 Å². The molecule has 1 aromatic heterocycles. The van der Waals surface area contributed by atoms with Gasteiger partial charge in [0.25, 0.3) is 0 Å². The molecule has 0 radical (unpaired) electrons. The second kappa shape index (κ2) is 3.96. The van der Waals surface area contributed by atoms with Crippen LogP contribution in [-0.4, -0.2) is 25.1 Å². The van der Waals surface area contributed by atoms with Crippen LogP contribution in [0.5, 0.6) is 0 Å². The number of carbonyl (C=O) groups is 1. The fourth-order valence-electron chi connectivity index (χ4n) is 1.09. The van der Waals surface area contributed by atoms with E-state index < -0.39 is 34.4 Å². The van der Waals surface area contributed by atoms with Gasteiger partial charge in [-0.05, 0) is 0 Å². The molecule has 1 rings (SSSR count). The molecular formula is C7H7N3O6. The van der Waals surface area contributed by atoms with E-state index in [4.69, 9.17) is 5.11 Å². The van der Waals surface area contributed by atoms with Crippen LogP contribution in [0.1, 0.15) is 0 Å². The summed E-state index contributed by atoms with van der Waals surface area (Å²) in [4.78, 5) is 42.4. The molecule has 0 aromatic carbocycles. The quantitative estimate of drug-likeness (QED) is 0.498. The molecule has 9 heteroatoms. The summed E-state index contributed by atoms with van der Waals surface area (Å²) in [6.45, 7) is -0.742. The molecule has 0 spiro atoms. The Morgan fingerprint density at radius 2 is 2.12 bits per heavy atom. The van der Waals surface area contributed by atoms with Gasteiger partial charge < -0.3 is 5.11 Å². The Labute approximate surface area is 87.3 Å². The maximum absolute atomic E-state index is 11.3. The summed E-state index contributed by atoms with van der Waals surface area (Å²) >= 11 is 0. The van der Waals surface area contributed by atoms with Crippen molar-refractivity contribution in [3.05, 3.63) is 37.1 Å². The molecule has 0 bridgehead atoms. The molecule has 0 saturated carbocycles. The van der Waals surface area contributed by atoms with Gasteiger partial charge in [0.2, 0.25) is 0 Å². The normalized spacial score (nSPS) is 10.1. The Kier molecular flexibility index (Phi) is 2.88. The van der Waals surface area contributed by atoms with Crippen molar-refractivity contribution in [3.8, 4) is 0 Å². The maximum Gasteiger partial charge on any atom is 0.350 e. The molecule has 1 aromatic rings. The molecule has 16 heavy (non-hydrogen) atoms. The van der Waals surface area contributed by atoms with Crippen molar-refractivity contribution in [2.24, 2.45) is 7.05 Å². The number of hydrogen-bond acceptors (Lipinski definition) is 5. The number of aromatic nitrogens is 2. The van der Waals surface area contributed by atoms with Gasteiger partial charge in [0.1, 0.15) is 6.54 Å². The molecule has 1 heterocycles. The van der Waals surface area contributed by atoms with Crippen molar-refractivity contribution in [2.75, 3.05) is 0 Å². The smallest absolute Gasteiger partial charge is 0.350 e. The Morgan fingerprint density at radius 1 is 1.56 bits per heavy atom. The highest BCUT2D eigenvalue weighted by Crippen LogP contribution is 1.99. The molecule has 0 unspecified atom stereocenters. The molecule has 0 aliphatic heterocycles. The summed E-state index contributed by atoms with van der Waals surface area (Å²) in [7, 11) is 1.04. The van der Waals surface area contributed by atoms with Gasteiger partial charge in [0, 0.05) is 7.05 Å². The lowest BCUT2D eigenvalue weighted by atomic mass is 10.5. The highest BCUT2D eigenvalue weighted by atomic mass is 16.6. The minimum absolute atomic E-state index is 0.487. The monoisotopic (exact) mass is 229 g/mol. The van der Waals surface area contributed by atoms with Gasteiger partial charge in [-0.15, -0.1) is 0 Å². The first-order valence-corrected chi connectivity index (χ1v) is 4.01. The van der Waals surface area contributed by atoms with Crippen LogP contribution in [0.15, 0.2) is 15.8 Å². The van der Waals surface area contributed by atoms with E-state index in [1.165, 1.54) is 0 Å². The van der Waals surface area contributed by atoms with Gasteiger partial charge in [-0.3, -0.25) is 28.8 Å². The summed E-state index contributed by atoms with van der Waals surface area (Å²) in [6, 6.07) is 0. The topological polar surface area (TPSA) is 124 Å². The molecule has 0 fully saturated rings. The van der Waals surface area contributed by atoms with Crippen molar-refractivity contribution < 1.29 is 14.8 Å². The third-order valence-electron chi connectivity index (χ3n) is 1.84. The first-order chi connectivity index (χ1) is 7.34. The van der Waals surface area contributed by atoms with E-state index in [-0.39, 0.29) is 0 Å². The second-order valence-corrected chi connectivity index (χ2v) is 2.94. The minimum atomic E-state index is -1.34. The number of aliphatic carboxylic acids is 1. The average Bonchev–Trinajstić information content (AvgIpc) is 2.18. The standard InChI is InChI=1S/C7H7N3O6/c1-8-6(13)4(10(15)16)2-9(7(8)14)3-5(11)12/h2H,3H2,1H3,(H,11,12). The fraction of sp³-hybridized carbons (Fsp3) is 0.286. The summed E-state index contributed by atoms with van der Waals surface area (Å²) in [6.07, 6.45) is 0.624. The van der Waals surface area contributed by atoms with Gasteiger partial charge in [0.15, 0.2) is 0 Å². The molecule has 0 aliphatic carbocycles. The molecular weight excluding hydrogens is 222 g/mol. The summed E-state index contributed by atoms with van der Waals surface area (Å²) in [5, 5.41) is 18.9. The van der Waals surface area contributed by atoms with Gasteiger partial charge in [0.05, 0.1) is 11.1 Å². The van der Waals surface area contributed by atoms with Crippen LogP contribution in [0, 0.1) is 10.1 Å². The van der Waals surface area contributed by atoms with Crippen molar-refractivity contribution in [2.45, 2.75) is 6.54 Å². The zero-order chi connectivity index (χ0) is 12.5. The lowest BCUT2D eigenvalue weighted by Gasteiger charge is -2.03. The highest BCUT2D eigenvalue weighted by molar-refractivity contribution is 5.66. The zero-order valence-corrected chi connectivity index (χ0v) is 8.11. The summed E-state index contributed by atoms with van der Waals surface area (Å²) in [5.74, 6) is -1.34. The molecule has 9 nitrogen and oxygen atoms in total. The van der Waals surface area contributed by atoms with E-state index in [0.29, 0.717) is 15.3 Å². The first kappa shape index (κ1) is 11.6. The number of nitro groups is 1. The number of nitrogens with zero attached hydrogens (tertiary/aromatic N) is 3. The fourth-order valence-corrected chi connectivity index (χ4v) is 1.09. The lowest BCUT2D eigenvalue weighted by molar-refractivity contribution is -0.387. The van der Waals surface area contributed by atoms with Gasteiger partial charge >= 0.3 is 22.9 Å². The minimum Gasteiger partial charge on any atom is -0.480 e. The second-order valence-electron chi connectivity index (χ2n) is 2.94. The van der Waals surface area contributed by atoms with Crippen molar-refractivity contribution >= 4 is 11.7 Å². The lowest BCUT2D eigenvalue weighted by Crippen LogP contribution is -2.39. The van der Waals surface area contributed by atoms with E-state index in [2.05, 4.69) is 0 Å². The number of hydrogen-bond donors (Lipinski definition) is 1. The summed E-state index contributed by atoms with van der Waals surface area (Å²) < 4.78 is 1.07. The van der Waals surface area contributed by atoms with Crippen LogP contribution in [0.4, 0.5) is 5.69 Å². The van der Waals surface area contributed by atoms with E-state index in [9.17, 15) is 24.5 Å². The van der Waals surface area contributed by atoms with Crippen LogP contribution in [-0.2, 0) is 18.4 Å². The predicted molar refractivity (Wildman–Crippen MR) is 50.2 cm³/mol. The van der Waals surface area contributed by atoms with E-state index in [0.717, 1.165) is 7.05 Å². The van der Waals surface area contributed by atoms with Gasteiger partial charge in [-0.25, -0.2) is 4.79 Å². The molecule has 0 aliphatic rings. The molecule has 0 saturated heterocycles. The first-order valence-electron chi connectivity index (χ1n) is 4.01. The molecule has 0 amide bonds. The summed E-state index contributed by atoms with van der Waals surface area (Å²) in [5.41, 5.74) is -2.84. The third-order valence-corrected chi connectivity index (χ3v) is 1.84. The zero-order valence-electron chi connectivity index (χ0n) is 8.11. The van der Waals surface area contributed by atoms with Crippen LogP contribution < -0.4 is 11.2 Å². The third kappa shape index (κ3) is 1.97. The Balaban J connectivity index is 3.54. The van der Waals surface area contributed by atoms with E-state index in [1.807, 2.05) is 0 Å². The highest BCUT2D eigenvalue weighted by Gasteiger charge is 2.18. The van der Waals surface area contributed by atoms with Crippen molar-refractivity contribution in [3.63, 3.8) is 0 Å². The largest absolute Gasteiger partial charge is 0.480 e. The Bertz CT molecular complexity index is 568. The van der Waals surface area contributed by atoms with Gasteiger partial charge in [-0.1, -0.05) is 0 Å². The van der Waals surface area contributed by atoms with Crippen molar-refractivity contribution in [1.82, 2.24) is 9.13 Å². The van der Waals surface area contributed by atoms with E-state index in [1.54, 1.807) is 0 Å². The van der Waals surface area contributed by atoms with Gasteiger partial charge in [-0.2, -0.15) is 0 Å². The predicted octanol–water partition coefficient (Wildman–Crippen LogP) is -1.46. The molecule has 86 valence electrons. The molecule has 0 atom stereocenters. The van der Waals surface area contributed by atoms with Crippen molar-refractivity contribution in [1.29, 1.82) is 0 Å². The SMILES string of the molecule is Cn1c(=O)c([N+](=O)[O-])cn(CC(=O)O)c1=O. The van der Waals surface area contributed by atoms with Crippen LogP contribution in [0.3, 0.4) is 0 Å². The Morgan fingerprint density at radius 3 is 2.56 bits per heavy atom. The molecule has 1 N–H and O–H groups in total. The number of carboxylic acid groups (broad SMARTS) is 1.